The third-order valence-electron chi connectivity index (χ3n) is 5.72. The van der Waals surface area contributed by atoms with Gasteiger partial charge in [-0.05, 0) is 55.0 Å². The number of nitrogens with zero attached hydrogens (tertiary/aromatic N) is 2. The minimum atomic E-state index is -1.70. The lowest BCUT2D eigenvalue weighted by molar-refractivity contribution is 0.262. The van der Waals surface area contributed by atoms with Gasteiger partial charge in [0.05, 0.1) is 18.0 Å². The van der Waals surface area contributed by atoms with Gasteiger partial charge < -0.3 is 9.74 Å². The van der Waals surface area contributed by atoms with E-state index < -0.39 is 8.32 Å². The van der Waals surface area contributed by atoms with Crippen molar-refractivity contribution in [2.45, 2.75) is 71.7 Å². The van der Waals surface area contributed by atoms with Crippen molar-refractivity contribution in [1.82, 2.24) is 9.78 Å². The standard InChI is InChI=1S/C27H37ClN4O2Si/c1-7-8-15-35(5,6)34-19-20-11-9-14-23(16-20)32-25(18-24(31-32)27(2,3)4)30-26(33)29-22-13-10-12-21(28)17-22/h9-14,16-18H,7-8,15,19H2,1-6H3,(H2,29,30,33). The number of halogens is 1. The number of anilines is 2. The zero-order chi connectivity index (χ0) is 25.6. The first-order valence-electron chi connectivity index (χ1n) is 12.1. The molecule has 0 aliphatic rings. The van der Waals surface area contributed by atoms with E-state index in [4.69, 9.17) is 21.1 Å². The molecule has 1 heterocycles. The van der Waals surface area contributed by atoms with Crippen LogP contribution in [0.1, 0.15) is 51.8 Å². The number of unbranched alkanes of at least 4 members (excludes halogenated alkanes) is 1. The fourth-order valence-corrected chi connectivity index (χ4v) is 5.71. The smallest absolute Gasteiger partial charge is 0.324 e. The van der Waals surface area contributed by atoms with Crippen molar-refractivity contribution in [2.24, 2.45) is 0 Å². The molecular weight excluding hydrogens is 476 g/mol. The highest BCUT2D eigenvalue weighted by Gasteiger charge is 2.23. The molecule has 0 fully saturated rings. The molecule has 2 aromatic carbocycles. The summed E-state index contributed by atoms with van der Waals surface area (Å²) in [5.74, 6) is 0.588. The molecule has 0 atom stereocenters. The second kappa shape index (κ2) is 11.4. The van der Waals surface area contributed by atoms with Gasteiger partial charge >= 0.3 is 6.03 Å². The molecule has 2 N–H and O–H groups in total. The molecule has 0 aliphatic heterocycles. The van der Waals surface area contributed by atoms with Crippen LogP contribution < -0.4 is 10.6 Å². The molecule has 0 unspecified atom stereocenters. The van der Waals surface area contributed by atoms with E-state index in [2.05, 4.69) is 63.6 Å². The van der Waals surface area contributed by atoms with Crippen LogP contribution >= 0.6 is 11.6 Å². The molecule has 0 radical (unpaired) electrons. The fourth-order valence-electron chi connectivity index (χ4n) is 3.61. The number of amides is 2. The Balaban J connectivity index is 1.83. The van der Waals surface area contributed by atoms with Crippen molar-refractivity contribution in [2.75, 3.05) is 10.6 Å². The molecule has 0 bridgehead atoms. The normalized spacial score (nSPS) is 12.0. The van der Waals surface area contributed by atoms with Gasteiger partial charge in [0, 0.05) is 22.2 Å². The Labute approximate surface area is 215 Å². The van der Waals surface area contributed by atoms with E-state index in [1.807, 2.05) is 18.2 Å². The molecular formula is C27H37ClN4O2Si. The van der Waals surface area contributed by atoms with E-state index in [9.17, 15) is 4.79 Å². The second-order valence-electron chi connectivity index (χ2n) is 10.5. The lowest BCUT2D eigenvalue weighted by Crippen LogP contribution is -2.29. The number of urea groups is 1. The Bertz CT molecular complexity index is 1150. The zero-order valence-electron chi connectivity index (χ0n) is 21.6. The Morgan fingerprint density at radius 1 is 1.09 bits per heavy atom. The number of carbonyl (C=O) groups is 1. The van der Waals surface area contributed by atoms with E-state index in [-0.39, 0.29) is 11.4 Å². The van der Waals surface area contributed by atoms with Crippen molar-refractivity contribution < 1.29 is 9.22 Å². The molecule has 3 aromatic rings. The summed E-state index contributed by atoms with van der Waals surface area (Å²) in [5, 5.41) is 11.2. The summed E-state index contributed by atoms with van der Waals surface area (Å²) in [5.41, 5.74) is 3.27. The fraction of sp³-hybridized carbons (Fsp3) is 0.407. The number of aromatic nitrogens is 2. The molecule has 6 nitrogen and oxygen atoms in total. The average molecular weight is 513 g/mol. The van der Waals surface area contributed by atoms with Gasteiger partial charge in [0.15, 0.2) is 8.32 Å². The molecule has 0 saturated heterocycles. The van der Waals surface area contributed by atoms with Gasteiger partial charge in [-0.2, -0.15) is 5.10 Å². The van der Waals surface area contributed by atoms with Crippen LogP contribution in [0.25, 0.3) is 5.69 Å². The first-order chi connectivity index (χ1) is 16.5. The topological polar surface area (TPSA) is 68.2 Å². The van der Waals surface area contributed by atoms with Crippen LogP contribution in [0.2, 0.25) is 24.2 Å². The van der Waals surface area contributed by atoms with E-state index in [0.29, 0.717) is 23.1 Å². The summed E-state index contributed by atoms with van der Waals surface area (Å²) in [4.78, 5) is 12.8. The lowest BCUT2D eigenvalue weighted by Gasteiger charge is -2.23. The maximum absolute atomic E-state index is 12.8. The predicted molar refractivity (Wildman–Crippen MR) is 148 cm³/mol. The largest absolute Gasteiger partial charge is 0.413 e. The highest BCUT2D eigenvalue weighted by atomic mass is 35.5. The average Bonchev–Trinajstić information content (AvgIpc) is 3.21. The molecule has 0 aliphatic carbocycles. The van der Waals surface area contributed by atoms with Crippen LogP contribution in [0.15, 0.2) is 54.6 Å². The van der Waals surface area contributed by atoms with Gasteiger partial charge in [0.2, 0.25) is 0 Å². The first-order valence-corrected chi connectivity index (χ1v) is 15.6. The van der Waals surface area contributed by atoms with Gasteiger partial charge in [-0.15, -0.1) is 0 Å². The SMILES string of the molecule is CCCC[Si](C)(C)OCc1cccc(-n2nc(C(C)(C)C)cc2NC(=O)Nc2cccc(Cl)c2)c1. The number of nitrogens with one attached hydrogen (secondary N) is 2. The molecule has 8 heteroatoms. The molecule has 0 spiro atoms. The summed E-state index contributed by atoms with van der Waals surface area (Å²) in [7, 11) is -1.70. The monoisotopic (exact) mass is 512 g/mol. The summed E-state index contributed by atoms with van der Waals surface area (Å²) in [6, 6.07) is 17.9. The molecule has 2 amide bonds. The lowest BCUT2D eigenvalue weighted by atomic mass is 9.92. The number of carbonyl (C=O) groups excluding carboxylic acids is 1. The van der Waals surface area contributed by atoms with Gasteiger partial charge in [-0.1, -0.05) is 70.3 Å². The van der Waals surface area contributed by atoms with Crippen LogP contribution in [-0.2, 0) is 16.4 Å². The van der Waals surface area contributed by atoms with Crippen LogP contribution in [0.4, 0.5) is 16.3 Å². The maximum Gasteiger partial charge on any atom is 0.324 e. The van der Waals surface area contributed by atoms with Crippen molar-refractivity contribution in [1.29, 1.82) is 0 Å². The number of hydrogen-bond acceptors (Lipinski definition) is 3. The van der Waals surface area contributed by atoms with Crippen LogP contribution in [0.5, 0.6) is 0 Å². The van der Waals surface area contributed by atoms with E-state index in [0.717, 1.165) is 23.0 Å². The molecule has 0 saturated carbocycles. The summed E-state index contributed by atoms with van der Waals surface area (Å²) in [6.45, 7) is 13.6. The molecule has 1 aromatic heterocycles. The number of benzene rings is 2. The zero-order valence-corrected chi connectivity index (χ0v) is 23.4. The van der Waals surface area contributed by atoms with Crippen LogP contribution in [0, 0.1) is 0 Å². The summed E-state index contributed by atoms with van der Waals surface area (Å²) in [6.07, 6.45) is 2.39. The van der Waals surface area contributed by atoms with Crippen molar-refractivity contribution in [3.05, 3.63) is 70.9 Å². The Kier molecular flexibility index (Phi) is 8.80. The molecule has 3 rings (SSSR count). The first kappa shape index (κ1) is 27.0. The molecule has 188 valence electrons. The quantitative estimate of drug-likeness (QED) is 0.285. The van der Waals surface area contributed by atoms with E-state index in [1.54, 1.807) is 28.9 Å². The van der Waals surface area contributed by atoms with E-state index >= 15 is 0 Å². The highest BCUT2D eigenvalue weighted by molar-refractivity contribution is 6.71. The maximum atomic E-state index is 12.8. The van der Waals surface area contributed by atoms with Gasteiger partial charge in [0.1, 0.15) is 5.82 Å². The highest BCUT2D eigenvalue weighted by Crippen LogP contribution is 2.27. The minimum absolute atomic E-state index is 0.180. The van der Waals surface area contributed by atoms with Crippen molar-refractivity contribution in [3.8, 4) is 5.69 Å². The number of hydrogen-bond donors (Lipinski definition) is 2. The van der Waals surface area contributed by atoms with Crippen molar-refractivity contribution >= 4 is 37.5 Å². The molecule has 35 heavy (non-hydrogen) atoms. The number of rotatable bonds is 9. The Hall–Kier alpha value is -2.61. The predicted octanol–water partition coefficient (Wildman–Crippen LogP) is 7.99. The Morgan fingerprint density at radius 2 is 1.83 bits per heavy atom. The Morgan fingerprint density at radius 3 is 2.51 bits per heavy atom. The third kappa shape index (κ3) is 7.95. The third-order valence-corrected chi connectivity index (χ3v) is 8.44. The van der Waals surface area contributed by atoms with E-state index in [1.165, 1.54) is 12.8 Å². The van der Waals surface area contributed by atoms with Gasteiger partial charge in [-0.25, -0.2) is 9.48 Å². The second-order valence-corrected chi connectivity index (χ2v) is 15.2. The minimum Gasteiger partial charge on any atom is -0.413 e. The summed E-state index contributed by atoms with van der Waals surface area (Å²) < 4.78 is 8.14. The van der Waals surface area contributed by atoms with Crippen LogP contribution in [0.3, 0.4) is 0 Å². The van der Waals surface area contributed by atoms with Crippen molar-refractivity contribution in [3.63, 3.8) is 0 Å². The summed E-state index contributed by atoms with van der Waals surface area (Å²) >= 11 is 6.05. The van der Waals surface area contributed by atoms with Gasteiger partial charge in [0.25, 0.3) is 0 Å². The van der Waals surface area contributed by atoms with Gasteiger partial charge in [-0.3, -0.25) is 5.32 Å². The van der Waals surface area contributed by atoms with Crippen LogP contribution in [-0.4, -0.2) is 24.1 Å².